The molecule has 0 atom stereocenters. The van der Waals surface area contributed by atoms with Crippen LogP contribution in [0.25, 0.3) is 0 Å². The summed E-state index contributed by atoms with van der Waals surface area (Å²) < 4.78 is 5.54. The predicted octanol–water partition coefficient (Wildman–Crippen LogP) is 1.94. The number of hydrogen-bond donors (Lipinski definition) is 2. The lowest BCUT2D eigenvalue weighted by Crippen LogP contribution is -2.36. The smallest absolute Gasteiger partial charge is 0.0591 e. The fourth-order valence-corrected chi connectivity index (χ4v) is 2.04. The maximum Gasteiger partial charge on any atom is 0.0591 e. The number of aliphatic hydroxyl groups excluding tert-OH is 1. The van der Waals surface area contributed by atoms with Gasteiger partial charge in [0.1, 0.15) is 0 Å². The van der Waals surface area contributed by atoms with Crippen molar-refractivity contribution in [3.8, 4) is 0 Å². The highest BCUT2D eigenvalue weighted by molar-refractivity contribution is 4.76. The largest absolute Gasteiger partial charge is 0.393 e. The van der Waals surface area contributed by atoms with E-state index >= 15 is 0 Å². The lowest BCUT2D eigenvalue weighted by atomic mass is 9.93. The fourth-order valence-electron chi connectivity index (χ4n) is 2.04. The van der Waals surface area contributed by atoms with Gasteiger partial charge in [0.2, 0.25) is 0 Å². The summed E-state index contributed by atoms with van der Waals surface area (Å²) in [6.45, 7) is 7.07. The summed E-state index contributed by atoms with van der Waals surface area (Å²) >= 11 is 0. The van der Waals surface area contributed by atoms with Crippen molar-refractivity contribution in [2.24, 2.45) is 5.92 Å². The van der Waals surface area contributed by atoms with Crippen LogP contribution in [0.3, 0.4) is 0 Å². The van der Waals surface area contributed by atoms with E-state index in [1.807, 2.05) is 0 Å². The zero-order chi connectivity index (χ0) is 11.8. The highest BCUT2D eigenvalue weighted by Gasteiger charge is 2.18. The number of ether oxygens (including phenoxy) is 1. The Balaban J connectivity index is 1.87. The molecule has 0 aromatic heterocycles. The van der Waals surface area contributed by atoms with Crippen molar-refractivity contribution in [2.75, 3.05) is 19.8 Å². The molecule has 0 bridgehead atoms. The van der Waals surface area contributed by atoms with Gasteiger partial charge in [-0.15, -0.1) is 0 Å². The monoisotopic (exact) mass is 229 g/mol. The second-order valence-corrected chi connectivity index (χ2v) is 5.25. The summed E-state index contributed by atoms with van der Waals surface area (Å²) in [5, 5.41) is 12.9. The molecule has 96 valence electrons. The number of nitrogens with one attached hydrogen (secondary N) is 1. The topological polar surface area (TPSA) is 41.5 Å². The maximum atomic E-state index is 9.37. The first-order chi connectivity index (χ1) is 7.68. The summed E-state index contributed by atoms with van der Waals surface area (Å²) in [4.78, 5) is 0. The van der Waals surface area contributed by atoms with E-state index in [-0.39, 0.29) is 6.10 Å². The lowest BCUT2D eigenvalue weighted by Gasteiger charge is -2.26. The van der Waals surface area contributed by atoms with Crippen LogP contribution in [-0.4, -0.2) is 37.0 Å². The maximum absolute atomic E-state index is 9.37. The Hall–Kier alpha value is -0.120. The van der Waals surface area contributed by atoms with E-state index in [1.165, 1.54) is 0 Å². The molecule has 0 saturated heterocycles. The zero-order valence-electron chi connectivity index (χ0n) is 10.7. The molecular formula is C13H27NO2. The molecule has 1 aliphatic carbocycles. The quantitative estimate of drug-likeness (QED) is 0.656. The molecule has 1 aliphatic rings. The van der Waals surface area contributed by atoms with E-state index in [2.05, 4.69) is 19.2 Å². The highest BCUT2D eigenvalue weighted by atomic mass is 16.5. The Morgan fingerprint density at radius 2 is 1.88 bits per heavy atom. The molecule has 1 rings (SSSR count). The van der Waals surface area contributed by atoms with Gasteiger partial charge in [-0.1, -0.05) is 13.8 Å². The molecule has 0 aromatic carbocycles. The first-order valence-electron chi connectivity index (χ1n) is 6.67. The van der Waals surface area contributed by atoms with Crippen LogP contribution in [0.5, 0.6) is 0 Å². The molecule has 2 N–H and O–H groups in total. The second-order valence-electron chi connectivity index (χ2n) is 5.25. The van der Waals surface area contributed by atoms with Gasteiger partial charge in [-0.3, -0.25) is 0 Å². The van der Waals surface area contributed by atoms with Crippen LogP contribution in [0.2, 0.25) is 0 Å². The second kappa shape index (κ2) is 8.04. The van der Waals surface area contributed by atoms with Gasteiger partial charge in [-0.05, 0) is 38.0 Å². The van der Waals surface area contributed by atoms with Crippen LogP contribution in [0, 0.1) is 5.92 Å². The summed E-state index contributed by atoms with van der Waals surface area (Å²) in [5.74, 6) is 0.729. The molecular weight excluding hydrogens is 202 g/mol. The highest BCUT2D eigenvalue weighted by Crippen LogP contribution is 2.17. The van der Waals surface area contributed by atoms with Gasteiger partial charge < -0.3 is 15.2 Å². The van der Waals surface area contributed by atoms with E-state index in [4.69, 9.17) is 4.74 Å². The predicted molar refractivity (Wildman–Crippen MR) is 66.5 cm³/mol. The first kappa shape index (κ1) is 13.9. The summed E-state index contributed by atoms with van der Waals surface area (Å²) in [6, 6.07) is 0.595. The standard InChI is InChI=1S/C13H27NO2/c1-11(2)7-9-16-10-8-14-12-3-5-13(15)6-4-12/h11-15H,3-10H2,1-2H3. The first-order valence-corrected chi connectivity index (χ1v) is 6.67. The normalized spacial score (nSPS) is 26.2. The van der Waals surface area contributed by atoms with Gasteiger partial charge in [-0.2, -0.15) is 0 Å². The fraction of sp³-hybridized carbons (Fsp3) is 1.00. The molecule has 1 saturated carbocycles. The molecule has 0 radical (unpaired) electrons. The molecule has 3 nitrogen and oxygen atoms in total. The van der Waals surface area contributed by atoms with Crippen LogP contribution >= 0.6 is 0 Å². The van der Waals surface area contributed by atoms with Crippen molar-refractivity contribution in [3.05, 3.63) is 0 Å². The number of rotatable bonds is 7. The Morgan fingerprint density at radius 1 is 1.19 bits per heavy atom. The summed E-state index contributed by atoms with van der Waals surface area (Å²) in [6.07, 6.45) is 5.20. The Labute approximate surface area is 99.6 Å². The van der Waals surface area contributed by atoms with Gasteiger partial charge in [0.15, 0.2) is 0 Å². The van der Waals surface area contributed by atoms with E-state index in [9.17, 15) is 5.11 Å². The average Bonchev–Trinajstić information content (AvgIpc) is 2.25. The Bertz CT molecular complexity index is 165. The van der Waals surface area contributed by atoms with E-state index in [1.54, 1.807) is 0 Å². The molecule has 0 aromatic rings. The third-order valence-corrected chi connectivity index (χ3v) is 3.22. The van der Waals surface area contributed by atoms with Crippen molar-refractivity contribution < 1.29 is 9.84 Å². The number of aliphatic hydroxyl groups is 1. The molecule has 1 fully saturated rings. The zero-order valence-corrected chi connectivity index (χ0v) is 10.7. The minimum Gasteiger partial charge on any atom is -0.393 e. The van der Waals surface area contributed by atoms with Crippen molar-refractivity contribution in [1.82, 2.24) is 5.32 Å². The molecule has 3 heteroatoms. The van der Waals surface area contributed by atoms with Gasteiger partial charge in [0, 0.05) is 19.2 Å². The van der Waals surface area contributed by atoms with E-state index in [0.717, 1.165) is 57.8 Å². The van der Waals surface area contributed by atoms with Crippen molar-refractivity contribution in [1.29, 1.82) is 0 Å². The lowest BCUT2D eigenvalue weighted by molar-refractivity contribution is 0.104. The molecule has 0 amide bonds. The molecule has 0 unspecified atom stereocenters. The van der Waals surface area contributed by atoms with Crippen LogP contribution in [0.1, 0.15) is 46.0 Å². The SMILES string of the molecule is CC(C)CCOCCNC1CCC(O)CC1. The van der Waals surface area contributed by atoms with E-state index in [0.29, 0.717) is 6.04 Å². The third-order valence-electron chi connectivity index (χ3n) is 3.22. The molecule has 0 heterocycles. The third kappa shape index (κ3) is 6.46. The summed E-state index contributed by atoms with van der Waals surface area (Å²) in [7, 11) is 0. The van der Waals surface area contributed by atoms with Gasteiger partial charge in [0.25, 0.3) is 0 Å². The molecule has 0 aliphatic heterocycles. The van der Waals surface area contributed by atoms with Crippen molar-refractivity contribution in [2.45, 2.75) is 58.1 Å². The Kier molecular flexibility index (Phi) is 7.01. The van der Waals surface area contributed by atoms with Gasteiger partial charge >= 0.3 is 0 Å². The van der Waals surface area contributed by atoms with Crippen molar-refractivity contribution >= 4 is 0 Å². The minimum atomic E-state index is -0.0552. The Morgan fingerprint density at radius 3 is 2.50 bits per heavy atom. The molecule has 0 spiro atoms. The van der Waals surface area contributed by atoms with Crippen LogP contribution in [0.15, 0.2) is 0 Å². The van der Waals surface area contributed by atoms with Crippen LogP contribution in [0.4, 0.5) is 0 Å². The number of hydrogen-bond acceptors (Lipinski definition) is 3. The van der Waals surface area contributed by atoms with Crippen molar-refractivity contribution in [3.63, 3.8) is 0 Å². The average molecular weight is 229 g/mol. The van der Waals surface area contributed by atoms with Crippen LogP contribution < -0.4 is 5.32 Å². The summed E-state index contributed by atoms with van der Waals surface area (Å²) in [5.41, 5.74) is 0. The van der Waals surface area contributed by atoms with E-state index < -0.39 is 0 Å². The minimum absolute atomic E-state index is 0.0552. The molecule has 16 heavy (non-hydrogen) atoms. The van der Waals surface area contributed by atoms with Crippen LogP contribution in [-0.2, 0) is 4.74 Å². The van der Waals surface area contributed by atoms with Gasteiger partial charge in [-0.25, -0.2) is 0 Å². The van der Waals surface area contributed by atoms with Gasteiger partial charge in [0.05, 0.1) is 12.7 Å².